The molecule has 0 saturated carbocycles. The second-order valence-electron chi connectivity index (χ2n) is 5.03. The summed E-state index contributed by atoms with van der Waals surface area (Å²) in [5.74, 6) is -0.304. The van der Waals surface area contributed by atoms with Crippen molar-refractivity contribution in [2.75, 3.05) is 12.5 Å². The zero-order valence-corrected chi connectivity index (χ0v) is 14.0. The van der Waals surface area contributed by atoms with Crippen LogP contribution in [0.25, 0.3) is 0 Å². The Hall–Kier alpha value is -3.14. The molecule has 0 aliphatic carbocycles. The summed E-state index contributed by atoms with van der Waals surface area (Å²) < 4.78 is 23.7. The lowest BCUT2D eigenvalue weighted by atomic mass is 10.1. The highest BCUT2D eigenvalue weighted by atomic mass is 32.2. The van der Waals surface area contributed by atoms with E-state index >= 15 is 0 Å². The maximum atomic E-state index is 13.5. The van der Waals surface area contributed by atoms with Gasteiger partial charge in [0.1, 0.15) is 5.82 Å². The van der Waals surface area contributed by atoms with Gasteiger partial charge in [0.2, 0.25) is 12.7 Å². The van der Waals surface area contributed by atoms with E-state index in [9.17, 15) is 19.3 Å². The van der Waals surface area contributed by atoms with Gasteiger partial charge in [0.05, 0.1) is 28.5 Å². The molecule has 0 bridgehead atoms. The van der Waals surface area contributed by atoms with Gasteiger partial charge >= 0.3 is 0 Å². The quantitative estimate of drug-likeness (QED) is 0.359. The van der Waals surface area contributed by atoms with Crippen molar-refractivity contribution >= 4 is 29.6 Å². The van der Waals surface area contributed by atoms with Crippen molar-refractivity contribution in [1.82, 2.24) is 5.43 Å². The number of thioether (sulfide) groups is 1. The second kappa shape index (κ2) is 7.83. The summed E-state index contributed by atoms with van der Waals surface area (Å²) in [6.07, 6.45) is 1.14. The number of carbonyl (C=O) groups is 1. The Morgan fingerprint density at radius 2 is 2.08 bits per heavy atom. The molecule has 10 heteroatoms. The molecule has 0 saturated heterocycles. The van der Waals surface area contributed by atoms with E-state index in [1.54, 1.807) is 18.2 Å². The molecule has 0 spiro atoms. The third-order valence-corrected chi connectivity index (χ3v) is 4.36. The van der Waals surface area contributed by atoms with Gasteiger partial charge in [0.15, 0.2) is 11.5 Å². The summed E-state index contributed by atoms with van der Waals surface area (Å²) in [7, 11) is 0. The van der Waals surface area contributed by atoms with Crippen LogP contribution in [0.4, 0.5) is 10.1 Å². The van der Waals surface area contributed by atoms with Crippen LogP contribution in [0.2, 0.25) is 0 Å². The maximum Gasteiger partial charge on any atom is 0.282 e. The van der Waals surface area contributed by atoms with Crippen LogP contribution in [0.15, 0.2) is 46.4 Å². The van der Waals surface area contributed by atoms with Gasteiger partial charge in [-0.2, -0.15) is 5.10 Å². The first-order valence-corrected chi connectivity index (χ1v) is 8.30. The SMILES string of the molecule is O=C(CSc1ccccc1F)N/N=C\c1cc2c(cc1[N+](=O)[O-])OCO2. The average molecular weight is 377 g/mol. The van der Waals surface area contributed by atoms with E-state index in [4.69, 9.17) is 9.47 Å². The van der Waals surface area contributed by atoms with Gasteiger partial charge in [-0.3, -0.25) is 14.9 Å². The number of amides is 1. The lowest BCUT2D eigenvalue weighted by molar-refractivity contribution is -0.385. The molecule has 134 valence electrons. The third-order valence-electron chi connectivity index (χ3n) is 3.31. The van der Waals surface area contributed by atoms with Crippen LogP contribution < -0.4 is 14.9 Å². The van der Waals surface area contributed by atoms with Crippen molar-refractivity contribution in [2.45, 2.75) is 4.90 Å². The Morgan fingerprint density at radius 3 is 2.81 bits per heavy atom. The molecule has 8 nitrogen and oxygen atoms in total. The second-order valence-corrected chi connectivity index (χ2v) is 6.05. The first kappa shape index (κ1) is 17.7. The number of carbonyl (C=O) groups excluding carboxylic acids is 1. The molecular formula is C16H12FN3O5S. The summed E-state index contributed by atoms with van der Waals surface area (Å²) >= 11 is 1.02. The molecule has 1 amide bonds. The van der Waals surface area contributed by atoms with Crippen LogP contribution in [0.3, 0.4) is 0 Å². The fourth-order valence-corrected chi connectivity index (χ4v) is 2.85. The number of nitrogens with zero attached hydrogens (tertiary/aromatic N) is 2. The van der Waals surface area contributed by atoms with Gasteiger partial charge < -0.3 is 9.47 Å². The highest BCUT2D eigenvalue weighted by Gasteiger charge is 2.22. The maximum absolute atomic E-state index is 13.5. The van der Waals surface area contributed by atoms with Crippen LogP contribution in [-0.2, 0) is 4.79 Å². The van der Waals surface area contributed by atoms with Gasteiger partial charge in [-0.25, -0.2) is 9.82 Å². The molecule has 1 aliphatic heterocycles. The minimum Gasteiger partial charge on any atom is -0.454 e. The molecule has 1 aliphatic rings. The first-order chi connectivity index (χ1) is 12.5. The molecular weight excluding hydrogens is 365 g/mol. The summed E-state index contributed by atoms with van der Waals surface area (Å²) in [5.41, 5.74) is 2.17. The predicted octanol–water partition coefficient (Wildman–Crippen LogP) is 2.71. The van der Waals surface area contributed by atoms with Crippen molar-refractivity contribution in [3.63, 3.8) is 0 Å². The highest BCUT2D eigenvalue weighted by Crippen LogP contribution is 2.37. The largest absolute Gasteiger partial charge is 0.454 e. The zero-order valence-electron chi connectivity index (χ0n) is 13.2. The van der Waals surface area contributed by atoms with Crippen molar-refractivity contribution in [3.8, 4) is 11.5 Å². The monoisotopic (exact) mass is 377 g/mol. The average Bonchev–Trinajstić information content (AvgIpc) is 3.07. The van der Waals surface area contributed by atoms with Crippen molar-refractivity contribution < 1.29 is 23.6 Å². The summed E-state index contributed by atoms with van der Waals surface area (Å²) in [6.45, 7) is -0.0168. The number of hydrogen-bond acceptors (Lipinski definition) is 7. The van der Waals surface area contributed by atoms with Gasteiger partial charge in [0.25, 0.3) is 5.69 Å². The van der Waals surface area contributed by atoms with E-state index in [1.165, 1.54) is 18.2 Å². The van der Waals surface area contributed by atoms with E-state index in [0.29, 0.717) is 10.6 Å². The van der Waals surface area contributed by atoms with E-state index < -0.39 is 16.6 Å². The van der Waals surface area contributed by atoms with Crippen LogP contribution >= 0.6 is 11.8 Å². The topological polar surface area (TPSA) is 103 Å². The van der Waals surface area contributed by atoms with Crippen molar-refractivity contribution in [1.29, 1.82) is 0 Å². The number of benzene rings is 2. The molecule has 1 heterocycles. The molecule has 0 unspecified atom stereocenters. The lowest BCUT2D eigenvalue weighted by Crippen LogP contribution is -2.19. The van der Waals surface area contributed by atoms with Gasteiger partial charge in [0, 0.05) is 4.90 Å². The summed E-state index contributed by atoms with van der Waals surface area (Å²) in [5, 5.41) is 14.8. The number of hydrazone groups is 1. The number of fused-ring (bicyclic) bond motifs is 1. The Labute approximate surface area is 151 Å². The highest BCUT2D eigenvalue weighted by molar-refractivity contribution is 8.00. The number of nitrogens with one attached hydrogen (secondary N) is 1. The lowest BCUT2D eigenvalue weighted by Gasteiger charge is -2.02. The number of ether oxygens (including phenoxy) is 2. The van der Waals surface area contributed by atoms with Crippen LogP contribution in [0, 0.1) is 15.9 Å². The minimum atomic E-state index is -0.584. The smallest absolute Gasteiger partial charge is 0.282 e. The van der Waals surface area contributed by atoms with Crippen molar-refractivity contribution in [2.24, 2.45) is 5.10 Å². The van der Waals surface area contributed by atoms with Gasteiger partial charge in [-0.1, -0.05) is 12.1 Å². The van der Waals surface area contributed by atoms with Gasteiger partial charge in [-0.15, -0.1) is 11.8 Å². The van der Waals surface area contributed by atoms with Crippen LogP contribution in [0.5, 0.6) is 11.5 Å². The standard InChI is InChI=1S/C16H12FN3O5S/c17-11-3-1-2-4-15(11)26-8-16(21)19-18-7-10-5-13-14(25-9-24-13)6-12(10)20(22)23/h1-7H,8-9H2,(H,19,21)/b18-7-. The molecule has 0 fully saturated rings. The summed E-state index contributed by atoms with van der Waals surface area (Å²) in [4.78, 5) is 22.7. The van der Waals surface area contributed by atoms with Crippen LogP contribution in [-0.4, -0.2) is 29.6 Å². The molecule has 1 N–H and O–H groups in total. The Kier molecular flexibility index (Phi) is 5.32. The number of rotatable bonds is 6. The Bertz CT molecular complexity index is 890. The molecule has 0 aromatic heterocycles. The van der Waals surface area contributed by atoms with E-state index in [2.05, 4.69) is 10.5 Å². The number of hydrogen-bond donors (Lipinski definition) is 1. The zero-order chi connectivity index (χ0) is 18.5. The summed E-state index contributed by atoms with van der Waals surface area (Å²) in [6, 6.07) is 8.73. The fourth-order valence-electron chi connectivity index (χ4n) is 2.12. The predicted molar refractivity (Wildman–Crippen MR) is 92.1 cm³/mol. The first-order valence-electron chi connectivity index (χ1n) is 7.32. The normalized spacial score (nSPS) is 12.3. The Morgan fingerprint density at radius 1 is 1.35 bits per heavy atom. The van der Waals surface area contributed by atoms with E-state index in [1.807, 2.05) is 0 Å². The van der Waals surface area contributed by atoms with Gasteiger partial charge in [-0.05, 0) is 18.2 Å². The number of nitro groups is 1. The van der Waals surface area contributed by atoms with Crippen LogP contribution in [0.1, 0.15) is 5.56 Å². The molecule has 2 aromatic rings. The third kappa shape index (κ3) is 4.09. The molecule has 0 radical (unpaired) electrons. The number of halogens is 1. The Balaban J connectivity index is 1.62. The molecule has 3 rings (SSSR count). The van der Waals surface area contributed by atoms with Crippen molar-refractivity contribution in [3.05, 3.63) is 57.9 Å². The van der Waals surface area contributed by atoms with E-state index in [0.717, 1.165) is 18.0 Å². The molecule has 0 atom stereocenters. The fraction of sp³-hybridized carbons (Fsp3) is 0.125. The number of nitro benzene ring substituents is 1. The van der Waals surface area contributed by atoms with E-state index in [-0.39, 0.29) is 29.5 Å². The molecule has 26 heavy (non-hydrogen) atoms. The minimum absolute atomic E-state index is 0.0168. The molecule has 2 aromatic carbocycles.